The third-order valence-corrected chi connectivity index (χ3v) is 1.74. The Bertz CT molecular complexity index is 250. The van der Waals surface area contributed by atoms with Crippen molar-refractivity contribution in [2.24, 2.45) is 0 Å². The summed E-state index contributed by atoms with van der Waals surface area (Å²) < 4.78 is 0.447. The normalized spacial score (nSPS) is 9.70. The number of hydrogen-bond donors (Lipinski definition) is 3. The lowest BCUT2D eigenvalue weighted by Crippen LogP contribution is -2.01. The smallest absolute Gasteiger partial charge is 0.342 e. The van der Waals surface area contributed by atoms with Crippen LogP contribution in [-0.2, 0) is 0 Å². The number of aromatic nitrogens is 2. The summed E-state index contributed by atoms with van der Waals surface area (Å²) in [5.74, 6) is -1.03. The molecule has 0 saturated carbocycles. The van der Waals surface area contributed by atoms with Gasteiger partial charge in [0, 0.05) is 0 Å². The molecule has 0 amide bonds. The standard InChI is InChI=1S/C4H4IN3O2/c5-2-1(4(9)10)3(6)8-7-2/h(H,9,10)(H3,6,7,8). The Morgan fingerprint density at radius 2 is 2.40 bits per heavy atom. The fourth-order valence-corrected chi connectivity index (χ4v) is 1.16. The fraction of sp³-hybridized carbons (Fsp3) is 0. The minimum atomic E-state index is -1.06. The maximum Gasteiger partial charge on any atom is 0.342 e. The van der Waals surface area contributed by atoms with Gasteiger partial charge in [0.25, 0.3) is 0 Å². The van der Waals surface area contributed by atoms with Crippen LogP contribution in [0.1, 0.15) is 10.4 Å². The van der Waals surface area contributed by atoms with Gasteiger partial charge in [0.2, 0.25) is 0 Å². The molecule has 1 heterocycles. The minimum Gasteiger partial charge on any atom is -0.477 e. The van der Waals surface area contributed by atoms with Crippen LogP contribution < -0.4 is 5.73 Å². The summed E-state index contributed by atoms with van der Waals surface area (Å²) in [6.07, 6.45) is 0. The molecule has 0 saturated heterocycles. The molecule has 1 rings (SSSR count). The fourth-order valence-electron chi connectivity index (χ4n) is 0.537. The Balaban J connectivity index is 3.23. The molecule has 10 heavy (non-hydrogen) atoms. The number of nitrogens with one attached hydrogen (secondary N) is 1. The number of hydrogen-bond acceptors (Lipinski definition) is 3. The first-order chi connectivity index (χ1) is 4.63. The zero-order chi connectivity index (χ0) is 7.72. The van der Waals surface area contributed by atoms with Gasteiger partial charge in [0.15, 0.2) is 5.82 Å². The van der Waals surface area contributed by atoms with Crippen LogP contribution in [0, 0.1) is 3.70 Å². The first-order valence-corrected chi connectivity index (χ1v) is 3.43. The maximum absolute atomic E-state index is 10.4. The van der Waals surface area contributed by atoms with Crippen molar-refractivity contribution in [1.29, 1.82) is 0 Å². The topological polar surface area (TPSA) is 92.0 Å². The lowest BCUT2D eigenvalue weighted by Gasteiger charge is -1.87. The van der Waals surface area contributed by atoms with Crippen LogP contribution in [0.4, 0.5) is 5.82 Å². The molecule has 0 aliphatic rings. The number of H-pyrrole nitrogens is 1. The zero-order valence-electron chi connectivity index (χ0n) is 4.76. The van der Waals surface area contributed by atoms with E-state index >= 15 is 0 Å². The molecule has 1 aromatic heterocycles. The van der Waals surface area contributed by atoms with Gasteiger partial charge < -0.3 is 10.8 Å². The zero-order valence-corrected chi connectivity index (χ0v) is 6.92. The second-order valence-corrected chi connectivity index (χ2v) is 2.68. The van der Waals surface area contributed by atoms with Crippen molar-refractivity contribution in [2.75, 3.05) is 5.73 Å². The van der Waals surface area contributed by atoms with E-state index in [1.165, 1.54) is 0 Å². The van der Waals surface area contributed by atoms with Crippen LogP contribution in [0.5, 0.6) is 0 Å². The van der Waals surface area contributed by atoms with Crippen LogP contribution in [0.25, 0.3) is 0 Å². The molecule has 0 unspecified atom stereocenters. The van der Waals surface area contributed by atoms with E-state index in [2.05, 4.69) is 10.2 Å². The highest BCUT2D eigenvalue weighted by molar-refractivity contribution is 14.1. The molecule has 0 aliphatic carbocycles. The third-order valence-electron chi connectivity index (χ3n) is 0.964. The van der Waals surface area contributed by atoms with Gasteiger partial charge >= 0.3 is 5.97 Å². The third kappa shape index (κ3) is 1.06. The number of anilines is 1. The van der Waals surface area contributed by atoms with E-state index in [4.69, 9.17) is 10.8 Å². The van der Waals surface area contributed by atoms with Crippen LogP contribution in [0.2, 0.25) is 0 Å². The van der Waals surface area contributed by atoms with E-state index in [9.17, 15) is 4.79 Å². The highest BCUT2D eigenvalue weighted by Crippen LogP contribution is 2.14. The molecule has 6 heteroatoms. The number of halogens is 1. The number of nitrogens with zero attached hydrogens (tertiary/aromatic N) is 1. The van der Waals surface area contributed by atoms with E-state index in [-0.39, 0.29) is 11.4 Å². The van der Waals surface area contributed by atoms with Gasteiger partial charge in [-0.25, -0.2) is 4.79 Å². The molecule has 1 aromatic rings. The number of nitrogens with two attached hydrogens (primary N) is 1. The van der Waals surface area contributed by atoms with Crippen molar-refractivity contribution < 1.29 is 9.90 Å². The first-order valence-electron chi connectivity index (χ1n) is 2.35. The van der Waals surface area contributed by atoms with Crippen LogP contribution in [0.15, 0.2) is 0 Å². The molecule has 0 aromatic carbocycles. The Hall–Kier alpha value is -0.790. The predicted molar refractivity (Wildman–Crippen MR) is 42.7 cm³/mol. The van der Waals surface area contributed by atoms with Crippen molar-refractivity contribution >= 4 is 34.4 Å². The molecule has 0 aliphatic heterocycles. The summed E-state index contributed by atoms with van der Waals surface area (Å²) in [6, 6.07) is 0. The highest BCUT2D eigenvalue weighted by Gasteiger charge is 2.14. The molecule has 4 N–H and O–H groups in total. The molecule has 0 bridgehead atoms. The Morgan fingerprint density at radius 3 is 2.60 bits per heavy atom. The van der Waals surface area contributed by atoms with E-state index in [1.54, 1.807) is 0 Å². The second kappa shape index (κ2) is 2.45. The molecule has 0 radical (unpaired) electrons. The number of aromatic carboxylic acids is 1. The summed E-state index contributed by atoms with van der Waals surface area (Å²) in [7, 11) is 0. The van der Waals surface area contributed by atoms with Gasteiger partial charge in [0.05, 0.1) is 0 Å². The quantitative estimate of drug-likeness (QED) is 0.627. The lowest BCUT2D eigenvalue weighted by molar-refractivity contribution is 0.0697. The van der Waals surface area contributed by atoms with Crippen molar-refractivity contribution in [3.05, 3.63) is 9.26 Å². The SMILES string of the molecule is Nc1n[nH]c(I)c1C(=O)O. The van der Waals surface area contributed by atoms with Gasteiger partial charge in [-0.2, -0.15) is 5.10 Å². The van der Waals surface area contributed by atoms with E-state index in [0.29, 0.717) is 3.70 Å². The van der Waals surface area contributed by atoms with Crippen molar-refractivity contribution in [2.45, 2.75) is 0 Å². The molecule has 54 valence electrons. The van der Waals surface area contributed by atoms with Gasteiger partial charge in [-0.3, -0.25) is 5.10 Å². The largest absolute Gasteiger partial charge is 0.477 e. The summed E-state index contributed by atoms with van der Waals surface area (Å²) in [4.78, 5) is 10.4. The summed E-state index contributed by atoms with van der Waals surface area (Å²) >= 11 is 1.82. The molecule has 0 fully saturated rings. The number of carboxylic acids is 1. The predicted octanol–water partition coefficient (Wildman–Crippen LogP) is 0.295. The molecule has 0 atom stereocenters. The number of nitrogen functional groups attached to an aromatic ring is 1. The van der Waals surface area contributed by atoms with E-state index < -0.39 is 5.97 Å². The molecule has 0 spiro atoms. The van der Waals surface area contributed by atoms with Gasteiger partial charge in [0.1, 0.15) is 9.26 Å². The molecular weight excluding hydrogens is 249 g/mol. The van der Waals surface area contributed by atoms with Gasteiger partial charge in [-0.15, -0.1) is 0 Å². The molecular formula is C4H4IN3O2. The first kappa shape index (κ1) is 7.32. The van der Waals surface area contributed by atoms with Crippen LogP contribution in [-0.4, -0.2) is 21.3 Å². The average molecular weight is 253 g/mol. The summed E-state index contributed by atoms with van der Waals surface area (Å²) in [5.41, 5.74) is 5.26. The van der Waals surface area contributed by atoms with E-state index in [0.717, 1.165) is 0 Å². The Labute approximate surface area is 69.8 Å². The van der Waals surface area contributed by atoms with Crippen LogP contribution in [0.3, 0.4) is 0 Å². The summed E-state index contributed by atoms with van der Waals surface area (Å²) in [5, 5.41) is 14.4. The summed E-state index contributed by atoms with van der Waals surface area (Å²) in [6.45, 7) is 0. The van der Waals surface area contributed by atoms with Gasteiger partial charge in [-0.05, 0) is 22.6 Å². The van der Waals surface area contributed by atoms with Crippen LogP contribution >= 0.6 is 22.6 Å². The Morgan fingerprint density at radius 1 is 1.80 bits per heavy atom. The average Bonchev–Trinajstić information content (AvgIpc) is 2.11. The van der Waals surface area contributed by atoms with E-state index in [1.807, 2.05) is 22.6 Å². The second-order valence-electron chi connectivity index (χ2n) is 1.60. The number of rotatable bonds is 1. The minimum absolute atomic E-state index is 0.0249. The van der Waals surface area contributed by atoms with Crippen molar-refractivity contribution in [3.8, 4) is 0 Å². The number of carbonyl (C=O) groups is 1. The number of aromatic amines is 1. The Kier molecular flexibility index (Phi) is 1.79. The van der Waals surface area contributed by atoms with Crippen molar-refractivity contribution in [1.82, 2.24) is 10.2 Å². The number of carboxylic acid groups (broad SMARTS) is 1. The maximum atomic E-state index is 10.4. The molecule has 5 nitrogen and oxygen atoms in total. The lowest BCUT2D eigenvalue weighted by atomic mass is 10.3. The highest BCUT2D eigenvalue weighted by atomic mass is 127. The van der Waals surface area contributed by atoms with Crippen molar-refractivity contribution in [3.63, 3.8) is 0 Å². The monoisotopic (exact) mass is 253 g/mol. The van der Waals surface area contributed by atoms with Gasteiger partial charge in [-0.1, -0.05) is 0 Å².